The highest BCUT2D eigenvalue weighted by Gasteiger charge is 2.36. The number of guanidine groups is 1. The van der Waals surface area contributed by atoms with E-state index in [1.54, 1.807) is 24.3 Å². The predicted octanol–water partition coefficient (Wildman–Crippen LogP) is -0.993. The Labute approximate surface area is 403 Å². The number of likely N-dealkylation sites (N-methyl/N-ethyl adjacent to an activating group) is 1. The second-order valence-electron chi connectivity index (χ2n) is 17.2. The highest BCUT2D eigenvalue weighted by Crippen LogP contribution is 2.17. The maximum Gasteiger partial charge on any atom is 0.322 e. The van der Waals surface area contributed by atoms with Crippen LogP contribution in [0, 0.1) is 5.92 Å². The van der Waals surface area contributed by atoms with Gasteiger partial charge >= 0.3 is 5.97 Å². The lowest BCUT2D eigenvalue weighted by atomic mass is 9.98. The van der Waals surface area contributed by atoms with Gasteiger partial charge in [-0.2, -0.15) is 0 Å². The standard InChI is InChI=1S/C47H74N12O10/c1-5-6-14-36(44(67)56-35(15-10-22-48)42(65)52-24-21-39(61)55-34(16-11-23-53-47(50)51)43(66)54-28-40(62)63)57-45(68)38(25-29(2)3)59(4)46(69)37(27-30-12-8-7-9-13-30)58-41(64)33(49)26-31-17-19-32(60)20-18-31/h7-9,12-13,17-20,29,33-38,60H,5-6,10-11,14-16,21-28,48-49H2,1-4H3,(H,52,65)(H,54,66)(H,55,61)(H,56,67)(H,57,68)(H,58,64)(H,62,63)(H4,50,51,53)/t33-,34-,35-,36-,37-,38-/m0/s1. The van der Waals surface area contributed by atoms with Gasteiger partial charge in [-0.3, -0.25) is 43.3 Å². The van der Waals surface area contributed by atoms with E-state index in [1.807, 2.05) is 39.0 Å². The molecule has 7 amide bonds. The van der Waals surface area contributed by atoms with E-state index in [9.17, 15) is 43.5 Å². The average Bonchev–Trinajstić information content (AvgIpc) is 3.30. The third-order valence-corrected chi connectivity index (χ3v) is 10.9. The Morgan fingerprint density at radius 1 is 0.696 bits per heavy atom. The van der Waals surface area contributed by atoms with Crippen molar-refractivity contribution in [3.8, 4) is 5.75 Å². The third kappa shape index (κ3) is 22.7. The van der Waals surface area contributed by atoms with E-state index in [-0.39, 0.29) is 88.6 Å². The highest BCUT2D eigenvalue weighted by atomic mass is 16.4. The minimum absolute atomic E-state index is 0.0603. The van der Waals surface area contributed by atoms with Crippen LogP contribution in [0.1, 0.15) is 89.7 Å². The molecule has 0 fully saturated rings. The van der Waals surface area contributed by atoms with Crippen LogP contribution in [0.5, 0.6) is 5.75 Å². The van der Waals surface area contributed by atoms with Crippen LogP contribution in [0.2, 0.25) is 0 Å². The summed E-state index contributed by atoms with van der Waals surface area (Å²) in [5.41, 5.74) is 24.2. The SMILES string of the molecule is CCCC[C@H](NC(=O)[C@H](CC(C)C)N(C)C(=O)[C@H](Cc1ccccc1)NC(=O)[C@@H](N)Cc1ccc(O)cc1)C(=O)N[C@@H](CCCN)C(=O)NCCC(=O)N[C@@H](CCCN=C(N)N)C(=O)NCC(=O)O. The number of aliphatic carboxylic acids is 1. The van der Waals surface area contributed by atoms with Gasteiger partial charge in [-0.25, -0.2) is 0 Å². The molecule has 69 heavy (non-hydrogen) atoms. The highest BCUT2D eigenvalue weighted by molar-refractivity contribution is 5.96. The van der Waals surface area contributed by atoms with Gasteiger partial charge in [-0.15, -0.1) is 0 Å². The van der Waals surface area contributed by atoms with Crippen LogP contribution in [0.4, 0.5) is 0 Å². The summed E-state index contributed by atoms with van der Waals surface area (Å²) < 4.78 is 0. The number of carbonyl (C=O) groups excluding carboxylic acids is 7. The Morgan fingerprint density at radius 2 is 1.26 bits per heavy atom. The zero-order chi connectivity index (χ0) is 51.5. The molecule has 0 radical (unpaired) electrons. The van der Waals surface area contributed by atoms with E-state index >= 15 is 0 Å². The largest absolute Gasteiger partial charge is 0.508 e. The summed E-state index contributed by atoms with van der Waals surface area (Å²) in [6.07, 6.45) is 2.35. The number of hydrogen-bond acceptors (Lipinski definition) is 12. The number of hydrogen-bond donors (Lipinski definition) is 12. The first-order chi connectivity index (χ1) is 32.7. The minimum Gasteiger partial charge on any atom is -0.508 e. The van der Waals surface area contributed by atoms with Gasteiger partial charge in [0.1, 0.15) is 42.5 Å². The van der Waals surface area contributed by atoms with Crippen LogP contribution >= 0.6 is 0 Å². The van der Waals surface area contributed by atoms with Crippen molar-refractivity contribution in [3.05, 3.63) is 65.7 Å². The summed E-state index contributed by atoms with van der Waals surface area (Å²) in [6, 6.07) is 8.68. The molecule has 0 heterocycles. The monoisotopic (exact) mass is 967 g/mol. The molecule has 2 aromatic rings. The molecule has 2 aromatic carbocycles. The van der Waals surface area contributed by atoms with Gasteiger partial charge in [0.25, 0.3) is 0 Å². The predicted molar refractivity (Wildman–Crippen MR) is 260 cm³/mol. The summed E-state index contributed by atoms with van der Waals surface area (Å²) in [5, 5.41) is 34.4. The van der Waals surface area contributed by atoms with Crippen molar-refractivity contribution >= 4 is 53.3 Å². The van der Waals surface area contributed by atoms with Crippen LogP contribution in [-0.2, 0) is 51.2 Å². The summed E-state index contributed by atoms with van der Waals surface area (Å²) in [4.78, 5) is 111. The number of carboxylic acids is 1. The molecule has 0 aliphatic carbocycles. The van der Waals surface area contributed by atoms with Crippen molar-refractivity contribution in [3.63, 3.8) is 0 Å². The number of carboxylic acid groups (broad SMARTS) is 1. The van der Waals surface area contributed by atoms with E-state index in [1.165, 1.54) is 24.1 Å². The third-order valence-electron chi connectivity index (χ3n) is 10.9. The lowest BCUT2D eigenvalue weighted by Gasteiger charge is -2.33. The number of rotatable bonds is 32. The number of carbonyl (C=O) groups is 8. The summed E-state index contributed by atoms with van der Waals surface area (Å²) in [7, 11) is 1.47. The number of phenols is 1. The first kappa shape index (κ1) is 58.3. The fourth-order valence-electron chi connectivity index (χ4n) is 7.15. The molecule has 0 aromatic heterocycles. The average molecular weight is 967 g/mol. The summed E-state index contributed by atoms with van der Waals surface area (Å²) in [6.45, 7) is 5.16. The molecule has 382 valence electrons. The van der Waals surface area contributed by atoms with Crippen molar-refractivity contribution in [2.24, 2.45) is 33.8 Å². The molecule has 0 saturated carbocycles. The first-order valence-electron chi connectivity index (χ1n) is 23.3. The number of nitrogens with two attached hydrogens (primary N) is 4. The molecule has 22 nitrogen and oxygen atoms in total. The van der Waals surface area contributed by atoms with E-state index in [0.29, 0.717) is 24.8 Å². The topological polar surface area (TPSA) is 369 Å². The lowest BCUT2D eigenvalue weighted by Crippen LogP contribution is -2.59. The van der Waals surface area contributed by atoms with Crippen molar-refractivity contribution in [1.29, 1.82) is 0 Å². The molecule has 0 aliphatic heterocycles. The number of aromatic hydroxyl groups is 1. The van der Waals surface area contributed by atoms with Gasteiger partial charge in [0, 0.05) is 33.0 Å². The molecule has 0 bridgehead atoms. The Bertz CT molecular complexity index is 2000. The van der Waals surface area contributed by atoms with Crippen molar-refractivity contribution in [1.82, 2.24) is 36.8 Å². The van der Waals surface area contributed by atoms with Crippen molar-refractivity contribution < 1.29 is 48.6 Å². The van der Waals surface area contributed by atoms with E-state index in [2.05, 4.69) is 36.9 Å². The quantitative estimate of drug-likeness (QED) is 0.0238. The Kier molecular flexibility index (Phi) is 26.4. The van der Waals surface area contributed by atoms with Gasteiger partial charge in [-0.1, -0.05) is 76.1 Å². The van der Waals surface area contributed by atoms with E-state index in [4.69, 9.17) is 28.0 Å². The Morgan fingerprint density at radius 3 is 1.87 bits per heavy atom. The molecule has 0 aliphatic rings. The van der Waals surface area contributed by atoms with Crippen molar-refractivity contribution in [2.75, 3.05) is 33.2 Å². The fraction of sp³-hybridized carbons (Fsp3) is 0.553. The molecule has 0 spiro atoms. The number of amides is 7. The second kappa shape index (κ2) is 31.3. The van der Waals surface area contributed by atoms with Gasteiger partial charge < -0.3 is 69.9 Å². The molecule has 0 unspecified atom stereocenters. The Balaban J connectivity index is 2.24. The van der Waals surface area contributed by atoms with Gasteiger partial charge in [0.2, 0.25) is 41.4 Å². The summed E-state index contributed by atoms with van der Waals surface area (Å²) >= 11 is 0. The van der Waals surface area contributed by atoms with Crippen LogP contribution in [0.15, 0.2) is 59.6 Å². The maximum absolute atomic E-state index is 14.4. The number of benzene rings is 2. The number of nitrogens with one attached hydrogen (secondary N) is 6. The maximum atomic E-state index is 14.4. The van der Waals surface area contributed by atoms with Gasteiger partial charge in [0.05, 0.1) is 6.04 Å². The normalized spacial score (nSPS) is 13.6. The Hall–Kier alpha value is -6.81. The second-order valence-corrected chi connectivity index (χ2v) is 17.2. The van der Waals surface area contributed by atoms with Gasteiger partial charge in [-0.05, 0) is 80.7 Å². The number of phenolic OH excluding ortho intramolecular Hbond substituents is 1. The molecular weight excluding hydrogens is 893 g/mol. The van der Waals surface area contributed by atoms with Crippen LogP contribution in [0.25, 0.3) is 0 Å². The molecular formula is C47H74N12O10. The van der Waals surface area contributed by atoms with Crippen LogP contribution in [-0.4, -0.2) is 138 Å². The molecule has 0 saturated heterocycles. The first-order valence-corrected chi connectivity index (χ1v) is 23.3. The molecule has 16 N–H and O–H groups in total. The zero-order valence-corrected chi connectivity index (χ0v) is 40.2. The van der Waals surface area contributed by atoms with Crippen LogP contribution in [0.3, 0.4) is 0 Å². The van der Waals surface area contributed by atoms with E-state index < -0.39 is 90.1 Å². The number of nitrogens with zero attached hydrogens (tertiary/aromatic N) is 2. The summed E-state index contributed by atoms with van der Waals surface area (Å²) in [5.74, 6) is -5.89. The number of unbranched alkanes of at least 4 members (excludes halogenated alkanes) is 1. The zero-order valence-electron chi connectivity index (χ0n) is 40.2. The molecule has 22 heteroatoms. The lowest BCUT2D eigenvalue weighted by molar-refractivity contribution is -0.143. The van der Waals surface area contributed by atoms with E-state index in [0.717, 1.165) is 5.56 Å². The number of aliphatic imine (C=N–C) groups is 1. The van der Waals surface area contributed by atoms with Crippen LogP contribution < -0.4 is 54.8 Å². The van der Waals surface area contributed by atoms with Gasteiger partial charge in [0.15, 0.2) is 5.96 Å². The smallest absolute Gasteiger partial charge is 0.322 e. The fourth-order valence-corrected chi connectivity index (χ4v) is 7.15. The minimum atomic E-state index is -1.28. The molecule has 2 rings (SSSR count). The van der Waals surface area contributed by atoms with Crippen molar-refractivity contribution in [2.45, 2.75) is 128 Å². The molecule has 6 atom stereocenters.